The normalized spacial score (nSPS) is 20.4. The highest BCUT2D eigenvalue weighted by Crippen LogP contribution is 2.24. The molecule has 1 fully saturated rings. The first-order chi connectivity index (χ1) is 12.1. The van der Waals surface area contributed by atoms with Crippen molar-refractivity contribution in [3.05, 3.63) is 41.7 Å². The number of nitrogens with one attached hydrogen (secondary N) is 1. The van der Waals surface area contributed by atoms with Crippen molar-refractivity contribution in [1.82, 2.24) is 20.1 Å². The molecule has 6 heteroatoms. The van der Waals surface area contributed by atoms with E-state index in [0.29, 0.717) is 17.7 Å². The first-order valence-corrected chi connectivity index (χ1v) is 9.98. The van der Waals surface area contributed by atoms with Crippen LogP contribution in [0.3, 0.4) is 0 Å². The molecule has 0 saturated heterocycles. The molecule has 134 valence electrons. The van der Waals surface area contributed by atoms with Crippen molar-refractivity contribution in [3.8, 4) is 0 Å². The molecule has 0 spiro atoms. The Balaban J connectivity index is 1.57. The molecule has 0 unspecified atom stereocenters. The lowest BCUT2D eigenvalue weighted by Crippen LogP contribution is -2.41. The summed E-state index contributed by atoms with van der Waals surface area (Å²) in [5.41, 5.74) is 1.20. The molecule has 5 nitrogen and oxygen atoms in total. The molecular weight excluding hydrogens is 332 g/mol. The molecule has 0 aliphatic heterocycles. The number of aromatic nitrogens is 3. The lowest BCUT2D eigenvalue weighted by atomic mass is 9.86. The number of thioether (sulfide) groups is 1. The van der Waals surface area contributed by atoms with Crippen LogP contribution in [0.4, 0.5) is 0 Å². The molecule has 1 aromatic carbocycles. The number of rotatable bonds is 6. The van der Waals surface area contributed by atoms with Crippen LogP contribution < -0.4 is 5.32 Å². The number of carbonyl (C=O) groups is 1. The fourth-order valence-corrected chi connectivity index (χ4v) is 4.12. The predicted octanol–water partition coefficient (Wildman–Crippen LogP) is 3.42. The minimum Gasteiger partial charge on any atom is -0.352 e. The summed E-state index contributed by atoms with van der Waals surface area (Å²) in [5, 5.41) is 12.4. The van der Waals surface area contributed by atoms with Crippen LogP contribution in [0.2, 0.25) is 0 Å². The third-order valence-electron chi connectivity index (χ3n) is 4.88. The summed E-state index contributed by atoms with van der Waals surface area (Å²) in [6.07, 6.45) is 4.81. The van der Waals surface area contributed by atoms with E-state index in [1.165, 1.54) is 36.6 Å². The fourth-order valence-electron chi connectivity index (χ4n) is 3.33. The minimum atomic E-state index is 0.0932. The maximum absolute atomic E-state index is 12.3. The fraction of sp³-hybridized carbons (Fsp3) is 0.526. The number of aryl methyl sites for hydroxylation is 1. The predicted molar refractivity (Wildman–Crippen MR) is 101 cm³/mol. The summed E-state index contributed by atoms with van der Waals surface area (Å²) in [7, 11) is 0. The highest BCUT2D eigenvalue weighted by molar-refractivity contribution is 7.99. The standard InChI is InChI=1S/C19H26N4OS/c1-14-8-6-7-11-17(14)20-18(24)13-25-19-22-21-15(2)23(19)12-16-9-4-3-5-10-16/h3-5,9-10,14,17H,6-8,11-13H2,1-2H3,(H,20,24)/t14-,17-/m0/s1. The van der Waals surface area contributed by atoms with E-state index in [4.69, 9.17) is 0 Å². The Hall–Kier alpha value is -1.82. The van der Waals surface area contributed by atoms with Gasteiger partial charge in [-0.3, -0.25) is 4.79 Å². The number of hydrogen-bond acceptors (Lipinski definition) is 4. The van der Waals surface area contributed by atoms with Crippen molar-refractivity contribution in [1.29, 1.82) is 0 Å². The average molecular weight is 359 g/mol. The Kier molecular flexibility index (Phi) is 6.13. The monoisotopic (exact) mass is 358 g/mol. The molecule has 0 bridgehead atoms. The van der Waals surface area contributed by atoms with Gasteiger partial charge in [-0.15, -0.1) is 10.2 Å². The van der Waals surface area contributed by atoms with Crippen LogP contribution in [0.1, 0.15) is 44.0 Å². The molecule has 1 N–H and O–H groups in total. The average Bonchev–Trinajstić information content (AvgIpc) is 2.96. The molecule has 2 atom stereocenters. The van der Waals surface area contributed by atoms with Crippen LogP contribution in [0, 0.1) is 12.8 Å². The van der Waals surface area contributed by atoms with Crippen LogP contribution in [-0.2, 0) is 11.3 Å². The van der Waals surface area contributed by atoms with Crippen molar-refractivity contribution >= 4 is 17.7 Å². The van der Waals surface area contributed by atoms with Crippen LogP contribution in [-0.4, -0.2) is 32.5 Å². The van der Waals surface area contributed by atoms with E-state index in [0.717, 1.165) is 23.9 Å². The summed E-state index contributed by atoms with van der Waals surface area (Å²) in [6.45, 7) is 4.91. The van der Waals surface area contributed by atoms with E-state index >= 15 is 0 Å². The van der Waals surface area contributed by atoms with Crippen LogP contribution in [0.15, 0.2) is 35.5 Å². The molecule has 2 aromatic rings. The van der Waals surface area contributed by atoms with Crippen molar-refractivity contribution in [2.75, 3.05) is 5.75 Å². The first-order valence-electron chi connectivity index (χ1n) is 8.99. The molecule has 25 heavy (non-hydrogen) atoms. The Labute approximate surface area is 153 Å². The van der Waals surface area contributed by atoms with Crippen molar-refractivity contribution in [2.24, 2.45) is 5.92 Å². The Bertz CT molecular complexity index is 701. The second-order valence-corrected chi connectivity index (χ2v) is 7.77. The second kappa shape index (κ2) is 8.52. The van der Waals surface area contributed by atoms with Gasteiger partial charge < -0.3 is 9.88 Å². The molecule has 1 heterocycles. The third-order valence-corrected chi connectivity index (χ3v) is 5.84. The Morgan fingerprint density at radius 2 is 2.00 bits per heavy atom. The van der Waals surface area contributed by atoms with E-state index in [9.17, 15) is 4.79 Å². The van der Waals surface area contributed by atoms with Gasteiger partial charge in [-0.2, -0.15) is 0 Å². The van der Waals surface area contributed by atoms with Crippen LogP contribution in [0.25, 0.3) is 0 Å². The lowest BCUT2D eigenvalue weighted by Gasteiger charge is -2.29. The van der Waals surface area contributed by atoms with Gasteiger partial charge in [0.2, 0.25) is 5.91 Å². The molecule has 1 saturated carbocycles. The topological polar surface area (TPSA) is 59.8 Å². The zero-order valence-corrected chi connectivity index (χ0v) is 15.8. The highest BCUT2D eigenvalue weighted by atomic mass is 32.2. The summed E-state index contributed by atoms with van der Waals surface area (Å²) < 4.78 is 2.07. The molecule has 3 rings (SSSR count). The highest BCUT2D eigenvalue weighted by Gasteiger charge is 2.23. The lowest BCUT2D eigenvalue weighted by molar-refractivity contribution is -0.119. The minimum absolute atomic E-state index is 0.0932. The van der Waals surface area contributed by atoms with Crippen LogP contribution in [0.5, 0.6) is 0 Å². The number of benzene rings is 1. The second-order valence-electron chi connectivity index (χ2n) is 6.83. The third kappa shape index (κ3) is 4.84. The van der Waals surface area contributed by atoms with E-state index in [1.807, 2.05) is 25.1 Å². The summed E-state index contributed by atoms with van der Waals surface area (Å²) in [5.74, 6) is 1.92. The van der Waals surface area contributed by atoms with Gasteiger partial charge in [0.1, 0.15) is 5.82 Å². The van der Waals surface area contributed by atoms with Crippen molar-refractivity contribution in [3.63, 3.8) is 0 Å². The summed E-state index contributed by atoms with van der Waals surface area (Å²) >= 11 is 1.46. The Morgan fingerprint density at radius 1 is 1.24 bits per heavy atom. The van der Waals surface area contributed by atoms with Gasteiger partial charge in [0.25, 0.3) is 0 Å². The van der Waals surface area contributed by atoms with E-state index < -0.39 is 0 Å². The molecular formula is C19H26N4OS. The van der Waals surface area contributed by atoms with E-state index in [-0.39, 0.29) is 5.91 Å². The van der Waals surface area contributed by atoms with Crippen LogP contribution >= 0.6 is 11.8 Å². The molecule has 1 aromatic heterocycles. The van der Waals surface area contributed by atoms with Gasteiger partial charge in [-0.1, -0.05) is 61.9 Å². The maximum Gasteiger partial charge on any atom is 0.230 e. The van der Waals surface area contributed by atoms with Gasteiger partial charge in [0, 0.05) is 6.04 Å². The van der Waals surface area contributed by atoms with Gasteiger partial charge in [0.05, 0.1) is 12.3 Å². The zero-order chi connectivity index (χ0) is 17.6. The Morgan fingerprint density at radius 3 is 2.76 bits per heavy atom. The summed E-state index contributed by atoms with van der Waals surface area (Å²) in [4.78, 5) is 12.3. The van der Waals surface area contributed by atoms with E-state index in [2.05, 4.69) is 39.1 Å². The number of carbonyl (C=O) groups excluding carboxylic acids is 1. The quantitative estimate of drug-likeness (QED) is 0.804. The number of nitrogens with zero attached hydrogens (tertiary/aromatic N) is 3. The number of hydrogen-bond donors (Lipinski definition) is 1. The van der Waals surface area contributed by atoms with Gasteiger partial charge in [0.15, 0.2) is 5.16 Å². The SMILES string of the molecule is Cc1nnc(SCC(=O)N[C@H]2CCCC[C@@H]2C)n1Cc1ccccc1. The largest absolute Gasteiger partial charge is 0.352 e. The number of amides is 1. The molecule has 1 amide bonds. The molecule has 1 aliphatic carbocycles. The van der Waals surface area contributed by atoms with Crippen molar-refractivity contribution in [2.45, 2.75) is 57.3 Å². The van der Waals surface area contributed by atoms with E-state index in [1.54, 1.807) is 0 Å². The maximum atomic E-state index is 12.3. The van der Waals surface area contributed by atoms with Crippen molar-refractivity contribution < 1.29 is 4.79 Å². The molecule has 1 aliphatic rings. The zero-order valence-electron chi connectivity index (χ0n) is 14.9. The first kappa shape index (κ1) is 18.0. The van der Waals surface area contributed by atoms with Gasteiger partial charge in [-0.05, 0) is 31.2 Å². The smallest absolute Gasteiger partial charge is 0.230 e. The van der Waals surface area contributed by atoms with Gasteiger partial charge in [-0.25, -0.2) is 0 Å². The summed E-state index contributed by atoms with van der Waals surface area (Å²) in [6, 6.07) is 10.6. The molecule has 0 radical (unpaired) electrons. The van der Waals surface area contributed by atoms with Gasteiger partial charge >= 0.3 is 0 Å².